The maximum Gasteiger partial charge on any atom is 0.0406 e. The molecule has 0 amide bonds. The van der Waals surface area contributed by atoms with Crippen molar-refractivity contribution in [2.24, 2.45) is 0 Å². The van der Waals surface area contributed by atoms with Crippen LogP contribution in [0.5, 0.6) is 0 Å². The first-order chi connectivity index (χ1) is 9.83. The largest absolute Gasteiger partial charge is 0.381 e. The highest BCUT2D eigenvalue weighted by Crippen LogP contribution is 2.29. The summed E-state index contributed by atoms with van der Waals surface area (Å²) in [6.07, 6.45) is 5.63. The summed E-state index contributed by atoms with van der Waals surface area (Å²) in [6.45, 7) is 3.02. The Bertz CT molecular complexity index is 650. The van der Waals surface area contributed by atoms with Gasteiger partial charge in [0.05, 0.1) is 0 Å². The standard InChI is InChI=1S/C19H19N/c1-15-11-12-16(13-15)19-10-6-5-7-17(19)14-20-18-8-3-2-4-9-18/h2-11,13,20H,12,14H2,1H3. The molecule has 1 aliphatic rings. The number of para-hydroxylation sites is 1. The van der Waals surface area contributed by atoms with Crippen LogP contribution >= 0.6 is 0 Å². The quantitative estimate of drug-likeness (QED) is 0.813. The van der Waals surface area contributed by atoms with E-state index in [2.05, 4.69) is 72.9 Å². The Morgan fingerprint density at radius 2 is 1.70 bits per heavy atom. The lowest BCUT2D eigenvalue weighted by molar-refractivity contribution is 1.13. The summed E-state index contributed by atoms with van der Waals surface area (Å²) in [5.74, 6) is 0. The number of rotatable bonds is 4. The fourth-order valence-corrected chi connectivity index (χ4v) is 2.59. The van der Waals surface area contributed by atoms with Crippen LogP contribution in [0.3, 0.4) is 0 Å². The van der Waals surface area contributed by atoms with E-state index in [0.717, 1.165) is 18.7 Å². The maximum atomic E-state index is 3.49. The molecular formula is C19H19N. The fraction of sp³-hybridized carbons (Fsp3) is 0.158. The number of allylic oxidation sites excluding steroid dienone is 4. The summed E-state index contributed by atoms with van der Waals surface area (Å²) in [7, 11) is 0. The molecule has 0 saturated heterocycles. The zero-order chi connectivity index (χ0) is 13.8. The van der Waals surface area contributed by atoms with Crippen LogP contribution in [0.1, 0.15) is 24.5 Å². The van der Waals surface area contributed by atoms with Crippen LogP contribution in [0.15, 0.2) is 72.3 Å². The Morgan fingerprint density at radius 3 is 2.45 bits per heavy atom. The molecular weight excluding hydrogens is 242 g/mol. The van der Waals surface area contributed by atoms with Crippen molar-refractivity contribution in [3.05, 3.63) is 83.4 Å². The molecule has 20 heavy (non-hydrogen) atoms. The summed E-state index contributed by atoms with van der Waals surface area (Å²) < 4.78 is 0. The van der Waals surface area contributed by atoms with Crippen molar-refractivity contribution in [2.75, 3.05) is 5.32 Å². The Hall–Kier alpha value is -2.28. The van der Waals surface area contributed by atoms with E-state index in [1.165, 1.54) is 22.3 Å². The first-order valence-corrected chi connectivity index (χ1v) is 7.07. The van der Waals surface area contributed by atoms with E-state index < -0.39 is 0 Å². The molecule has 0 bridgehead atoms. The molecule has 0 radical (unpaired) electrons. The Morgan fingerprint density at radius 1 is 0.950 bits per heavy atom. The van der Waals surface area contributed by atoms with E-state index >= 15 is 0 Å². The molecule has 3 rings (SSSR count). The number of hydrogen-bond donors (Lipinski definition) is 1. The van der Waals surface area contributed by atoms with E-state index in [4.69, 9.17) is 0 Å². The van der Waals surface area contributed by atoms with Gasteiger partial charge in [0.2, 0.25) is 0 Å². The number of hydrogen-bond acceptors (Lipinski definition) is 1. The fourth-order valence-electron chi connectivity index (χ4n) is 2.59. The molecule has 0 fully saturated rings. The van der Waals surface area contributed by atoms with E-state index in [0.29, 0.717) is 0 Å². The van der Waals surface area contributed by atoms with Crippen LogP contribution in [-0.4, -0.2) is 0 Å². The minimum atomic E-state index is 0.858. The zero-order valence-corrected chi connectivity index (χ0v) is 11.8. The lowest BCUT2D eigenvalue weighted by atomic mass is 9.99. The number of anilines is 1. The van der Waals surface area contributed by atoms with Crippen molar-refractivity contribution in [1.29, 1.82) is 0 Å². The highest BCUT2D eigenvalue weighted by atomic mass is 14.9. The second-order valence-electron chi connectivity index (χ2n) is 5.20. The number of benzene rings is 2. The second-order valence-corrected chi connectivity index (χ2v) is 5.20. The Balaban J connectivity index is 1.79. The molecule has 2 aromatic rings. The first-order valence-electron chi connectivity index (χ1n) is 7.07. The Labute approximate surface area is 120 Å². The molecule has 1 heteroatoms. The normalized spacial score (nSPS) is 13.8. The van der Waals surface area contributed by atoms with Gasteiger partial charge in [-0.15, -0.1) is 0 Å². The summed E-state index contributed by atoms with van der Waals surface area (Å²) >= 11 is 0. The van der Waals surface area contributed by atoms with E-state index in [1.807, 2.05) is 6.07 Å². The average Bonchev–Trinajstić information content (AvgIpc) is 2.93. The van der Waals surface area contributed by atoms with Crippen molar-refractivity contribution in [3.63, 3.8) is 0 Å². The zero-order valence-electron chi connectivity index (χ0n) is 11.8. The van der Waals surface area contributed by atoms with Crippen molar-refractivity contribution >= 4 is 11.3 Å². The minimum Gasteiger partial charge on any atom is -0.381 e. The molecule has 0 heterocycles. The third-order valence-electron chi connectivity index (χ3n) is 3.67. The lowest BCUT2D eigenvalue weighted by Crippen LogP contribution is -2.02. The van der Waals surface area contributed by atoms with Gasteiger partial charge in [-0.1, -0.05) is 60.2 Å². The van der Waals surface area contributed by atoms with Crippen molar-refractivity contribution in [2.45, 2.75) is 19.9 Å². The van der Waals surface area contributed by atoms with Gasteiger partial charge >= 0.3 is 0 Å². The van der Waals surface area contributed by atoms with Gasteiger partial charge in [0.1, 0.15) is 0 Å². The highest BCUT2D eigenvalue weighted by Gasteiger charge is 2.10. The molecule has 0 aliphatic heterocycles. The van der Waals surface area contributed by atoms with Crippen molar-refractivity contribution < 1.29 is 0 Å². The maximum absolute atomic E-state index is 3.49. The van der Waals surface area contributed by atoms with E-state index in [-0.39, 0.29) is 0 Å². The molecule has 0 unspecified atom stereocenters. The van der Waals surface area contributed by atoms with Crippen LogP contribution in [0.2, 0.25) is 0 Å². The number of nitrogens with one attached hydrogen (secondary N) is 1. The smallest absolute Gasteiger partial charge is 0.0406 e. The monoisotopic (exact) mass is 261 g/mol. The van der Waals surface area contributed by atoms with Crippen LogP contribution in [0.25, 0.3) is 5.57 Å². The van der Waals surface area contributed by atoms with Crippen LogP contribution in [0, 0.1) is 0 Å². The lowest BCUT2D eigenvalue weighted by Gasteiger charge is -2.12. The minimum absolute atomic E-state index is 0.858. The molecule has 0 atom stereocenters. The summed E-state index contributed by atoms with van der Waals surface area (Å²) in [5.41, 5.74) is 6.67. The van der Waals surface area contributed by atoms with Gasteiger partial charge in [0.25, 0.3) is 0 Å². The molecule has 1 nitrogen and oxygen atoms in total. The van der Waals surface area contributed by atoms with Crippen LogP contribution < -0.4 is 5.32 Å². The summed E-state index contributed by atoms with van der Waals surface area (Å²) in [4.78, 5) is 0. The predicted molar refractivity (Wildman–Crippen MR) is 86.6 cm³/mol. The predicted octanol–water partition coefficient (Wildman–Crippen LogP) is 5.03. The van der Waals surface area contributed by atoms with Gasteiger partial charge in [0.15, 0.2) is 0 Å². The molecule has 1 N–H and O–H groups in total. The van der Waals surface area contributed by atoms with Gasteiger partial charge in [0, 0.05) is 12.2 Å². The molecule has 1 aliphatic carbocycles. The van der Waals surface area contributed by atoms with Gasteiger partial charge in [-0.2, -0.15) is 0 Å². The SMILES string of the molecule is CC1=CCC(c2ccccc2CNc2ccccc2)=C1. The van der Waals surface area contributed by atoms with E-state index in [1.54, 1.807) is 0 Å². The second kappa shape index (κ2) is 5.79. The molecule has 2 aromatic carbocycles. The Kier molecular flexibility index (Phi) is 3.69. The average molecular weight is 261 g/mol. The third-order valence-corrected chi connectivity index (χ3v) is 3.67. The molecule has 100 valence electrons. The summed E-state index contributed by atoms with van der Waals surface area (Å²) in [5, 5.41) is 3.49. The van der Waals surface area contributed by atoms with Gasteiger partial charge in [-0.05, 0) is 42.2 Å². The van der Waals surface area contributed by atoms with Crippen LogP contribution in [0.4, 0.5) is 5.69 Å². The van der Waals surface area contributed by atoms with Gasteiger partial charge in [-0.3, -0.25) is 0 Å². The third kappa shape index (κ3) is 2.83. The van der Waals surface area contributed by atoms with Gasteiger partial charge < -0.3 is 5.32 Å². The van der Waals surface area contributed by atoms with Gasteiger partial charge in [-0.25, -0.2) is 0 Å². The first kappa shape index (κ1) is 12.7. The van der Waals surface area contributed by atoms with Crippen LogP contribution in [-0.2, 0) is 6.54 Å². The molecule has 0 saturated carbocycles. The van der Waals surface area contributed by atoms with Crippen molar-refractivity contribution in [3.8, 4) is 0 Å². The topological polar surface area (TPSA) is 12.0 Å². The van der Waals surface area contributed by atoms with E-state index in [9.17, 15) is 0 Å². The molecule has 0 aromatic heterocycles. The van der Waals surface area contributed by atoms with Crippen molar-refractivity contribution in [1.82, 2.24) is 0 Å². The molecule has 0 spiro atoms. The summed E-state index contributed by atoms with van der Waals surface area (Å²) in [6, 6.07) is 19.0. The highest BCUT2D eigenvalue weighted by molar-refractivity contribution is 5.74.